The Morgan fingerprint density at radius 2 is 1.84 bits per heavy atom. The zero-order valence-corrected chi connectivity index (χ0v) is 20.4. The van der Waals surface area contributed by atoms with Crippen molar-refractivity contribution >= 4 is 39.2 Å². The number of aromatic nitrogens is 7. The lowest BCUT2D eigenvalue weighted by Crippen LogP contribution is -2.44. The molecule has 37 heavy (non-hydrogen) atoms. The van der Waals surface area contributed by atoms with Crippen molar-refractivity contribution in [1.29, 1.82) is 0 Å². The van der Waals surface area contributed by atoms with Crippen molar-refractivity contribution in [3.63, 3.8) is 0 Å². The molecular formula is C26H26N10O. The van der Waals surface area contributed by atoms with E-state index in [9.17, 15) is 4.79 Å². The number of amides is 1. The molecule has 11 nitrogen and oxygen atoms in total. The first-order chi connectivity index (χ1) is 18.1. The summed E-state index contributed by atoms with van der Waals surface area (Å²) in [5.41, 5.74) is 6.54. The third kappa shape index (κ3) is 4.06. The summed E-state index contributed by atoms with van der Waals surface area (Å²) in [5, 5.41) is 11.5. The number of anilines is 2. The van der Waals surface area contributed by atoms with Crippen LogP contribution in [0.2, 0.25) is 0 Å². The number of imidazole rings is 1. The first-order valence-corrected chi connectivity index (χ1v) is 12.5. The van der Waals surface area contributed by atoms with Gasteiger partial charge in [0.15, 0.2) is 5.82 Å². The molecule has 7 rings (SSSR count). The number of nitrogens with zero attached hydrogens (tertiary/aromatic N) is 7. The lowest BCUT2D eigenvalue weighted by atomic mass is 10.1. The zero-order chi connectivity index (χ0) is 24.9. The molecule has 0 unspecified atom stereocenters. The molecule has 0 atom stereocenters. The molecule has 0 aromatic carbocycles. The Morgan fingerprint density at radius 1 is 1.00 bits per heavy atom. The van der Waals surface area contributed by atoms with Crippen molar-refractivity contribution in [2.45, 2.75) is 12.8 Å². The average molecular weight is 495 g/mol. The van der Waals surface area contributed by atoms with Crippen molar-refractivity contribution in [2.75, 3.05) is 43.4 Å². The topological polar surface area (TPSA) is 132 Å². The molecule has 0 spiro atoms. The van der Waals surface area contributed by atoms with Gasteiger partial charge in [-0.2, -0.15) is 5.10 Å². The van der Waals surface area contributed by atoms with E-state index >= 15 is 0 Å². The van der Waals surface area contributed by atoms with E-state index in [1.165, 1.54) is 0 Å². The van der Waals surface area contributed by atoms with Gasteiger partial charge in [0, 0.05) is 49.2 Å². The number of nitrogens with one attached hydrogen (secondary N) is 3. The first kappa shape index (κ1) is 21.9. The maximum absolute atomic E-state index is 12.2. The Labute approximate surface area is 212 Å². The van der Waals surface area contributed by atoms with E-state index in [4.69, 9.17) is 4.98 Å². The Hall–Kier alpha value is -4.38. The van der Waals surface area contributed by atoms with Gasteiger partial charge < -0.3 is 20.1 Å². The van der Waals surface area contributed by atoms with Crippen LogP contribution in [-0.4, -0.2) is 79.2 Å². The van der Waals surface area contributed by atoms with Gasteiger partial charge in [0.05, 0.1) is 52.9 Å². The highest BCUT2D eigenvalue weighted by Crippen LogP contribution is 2.33. The number of piperazine rings is 1. The summed E-state index contributed by atoms with van der Waals surface area (Å²) >= 11 is 0. The van der Waals surface area contributed by atoms with Crippen LogP contribution in [0.3, 0.4) is 0 Å². The minimum absolute atomic E-state index is 0.0507. The van der Waals surface area contributed by atoms with Crippen LogP contribution in [0.4, 0.5) is 11.4 Å². The molecule has 11 heteroatoms. The van der Waals surface area contributed by atoms with E-state index < -0.39 is 0 Å². The predicted octanol–water partition coefficient (Wildman–Crippen LogP) is 3.06. The minimum atomic E-state index is 0.0507. The van der Waals surface area contributed by atoms with Gasteiger partial charge in [-0.3, -0.25) is 24.8 Å². The summed E-state index contributed by atoms with van der Waals surface area (Å²) in [7, 11) is 2.14. The Bertz CT molecular complexity index is 1630. The van der Waals surface area contributed by atoms with Gasteiger partial charge in [0.2, 0.25) is 5.91 Å². The zero-order valence-electron chi connectivity index (χ0n) is 20.4. The number of carbonyl (C=O) groups excluding carboxylic acids is 1. The second-order valence-corrected chi connectivity index (χ2v) is 9.84. The lowest BCUT2D eigenvalue weighted by Gasteiger charge is -2.33. The summed E-state index contributed by atoms with van der Waals surface area (Å²) < 4.78 is 0. The highest BCUT2D eigenvalue weighted by molar-refractivity contribution is 5.97. The molecule has 3 N–H and O–H groups in total. The molecule has 5 aromatic heterocycles. The van der Waals surface area contributed by atoms with Crippen LogP contribution in [0.5, 0.6) is 0 Å². The fourth-order valence-electron chi connectivity index (χ4n) is 4.80. The number of carbonyl (C=O) groups is 1. The largest absolute Gasteiger partial charge is 0.366 e. The molecular weight excluding hydrogens is 468 g/mol. The number of hydrogen-bond acceptors (Lipinski definition) is 8. The molecule has 1 saturated carbocycles. The van der Waals surface area contributed by atoms with Crippen molar-refractivity contribution in [3.8, 4) is 22.8 Å². The number of aromatic amines is 2. The standard InChI is InChI=1S/C26H26N10O/c1-35-4-6-36(7-5-35)22-14-28-12-21-24(22)32-25(31-21)23-18-9-19(29-13-20(18)33-34-23)16-8-17(11-27-10-16)30-26(37)15-2-3-15/h8-15H,2-7H2,1H3,(H,30,37)(H,31,32)(H,33,34). The van der Waals surface area contributed by atoms with E-state index in [1.54, 1.807) is 24.8 Å². The summed E-state index contributed by atoms with van der Waals surface area (Å²) in [4.78, 5) is 38.6. The van der Waals surface area contributed by atoms with Crippen LogP contribution in [0.15, 0.2) is 43.1 Å². The fraction of sp³-hybridized carbons (Fsp3) is 0.308. The Kier molecular flexibility index (Phi) is 5.10. The van der Waals surface area contributed by atoms with Crippen LogP contribution in [0.25, 0.3) is 44.7 Å². The number of H-pyrrole nitrogens is 2. The average Bonchev–Trinajstić information content (AvgIpc) is 3.55. The second kappa shape index (κ2) is 8.63. The molecule has 2 aliphatic rings. The van der Waals surface area contributed by atoms with Crippen LogP contribution in [0, 0.1) is 5.92 Å². The third-order valence-electron chi connectivity index (χ3n) is 7.14. The number of rotatable bonds is 5. The number of hydrogen-bond donors (Lipinski definition) is 3. The summed E-state index contributed by atoms with van der Waals surface area (Å²) in [6.07, 6.45) is 10.8. The Morgan fingerprint density at radius 3 is 2.68 bits per heavy atom. The molecule has 5 aromatic rings. The van der Waals surface area contributed by atoms with E-state index in [2.05, 4.69) is 52.3 Å². The Balaban J connectivity index is 1.24. The molecule has 0 radical (unpaired) electrons. The maximum Gasteiger partial charge on any atom is 0.227 e. The molecule has 1 amide bonds. The lowest BCUT2D eigenvalue weighted by molar-refractivity contribution is -0.117. The van der Waals surface area contributed by atoms with Gasteiger partial charge >= 0.3 is 0 Å². The summed E-state index contributed by atoms with van der Waals surface area (Å²) in [6.45, 7) is 3.89. The van der Waals surface area contributed by atoms with Gasteiger partial charge in [-0.15, -0.1) is 0 Å². The van der Waals surface area contributed by atoms with Gasteiger partial charge in [-0.05, 0) is 32.0 Å². The van der Waals surface area contributed by atoms with E-state index in [0.717, 1.165) is 77.9 Å². The SMILES string of the molecule is CN1CCN(c2cncc3[nH]c(-c4n[nH]c5cnc(-c6cncc(NC(=O)C7CC7)c6)cc45)nc23)CC1. The minimum Gasteiger partial charge on any atom is -0.366 e. The normalized spacial score (nSPS) is 16.5. The molecule has 186 valence electrons. The summed E-state index contributed by atoms with van der Waals surface area (Å²) in [6, 6.07) is 3.88. The number of fused-ring (bicyclic) bond motifs is 2. The van der Waals surface area contributed by atoms with Crippen LogP contribution >= 0.6 is 0 Å². The van der Waals surface area contributed by atoms with Crippen molar-refractivity contribution in [1.82, 2.24) is 40.0 Å². The van der Waals surface area contributed by atoms with Crippen molar-refractivity contribution < 1.29 is 4.79 Å². The fourth-order valence-corrected chi connectivity index (χ4v) is 4.80. The van der Waals surface area contributed by atoms with Gasteiger partial charge in [-0.25, -0.2) is 4.98 Å². The monoisotopic (exact) mass is 494 g/mol. The smallest absolute Gasteiger partial charge is 0.227 e. The van der Waals surface area contributed by atoms with Gasteiger partial charge in [0.25, 0.3) is 0 Å². The molecule has 6 heterocycles. The van der Waals surface area contributed by atoms with E-state index in [1.807, 2.05) is 18.3 Å². The van der Waals surface area contributed by atoms with Crippen LogP contribution < -0.4 is 10.2 Å². The highest BCUT2D eigenvalue weighted by atomic mass is 16.2. The predicted molar refractivity (Wildman–Crippen MR) is 141 cm³/mol. The molecule has 1 aliphatic heterocycles. The molecule has 1 aliphatic carbocycles. The molecule has 0 bridgehead atoms. The first-order valence-electron chi connectivity index (χ1n) is 12.5. The van der Waals surface area contributed by atoms with Gasteiger partial charge in [-0.1, -0.05) is 0 Å². The van der Waals surface area contributed by atoms with Crippen molar-refractivity contribution in [2.24, 2.45) is 5.92 Å². The summed E-state index contributed by atoms with van der Waals surface area (Å²) in [5.74, 6) is 0.850. The maximum atomic E-state index is 12.2. The second-order valence-electron chi connectivity index (χ2n) is 9.84. The van der Waals surface area contributed by atoms with Crippen LogP contribution in [0.1, 0.15) is 12.8 Å². The third-order valence-corrected chi connectivity index (χ3v) is 7.14. The molecule has 1 saturated heterocycles. The van der Waals surface area contributed by atoms with Crippen LogP contribution in [-0.2, 0) is 4.79 Å². The van der Waals surface area contributed by atoms with E-state index in [0.29, 0.717) is 17.2 Å². The van der Waals surface area contributed by atoms with E-state index in [-0.39, 0.29) is 11.8 Å². The molecule has 2 fully saturated rings. The van der Waals surface area contributed by atoms with Crippen molar-refractivity contribution in [3.05, 3.63) is 43.1 Å². The highest BCUT2D eigenvalue weighted by Gasteiger charge is 2.29. The quantitative estimate of drug-likeness (QED) is 0.340. The number of pyridine rings is 3. The number of likely N-dealkylation sites (N-methyl/N-ethyl adjacent to an activating group) is 1. The van der Waals surface area contributed by atoms with Gasteiger partial charge in [0.1, 0.15) is 11.2 Å².